The van der Waals surface area contributed by atoms with Gasteiger partial charge in [-0.05, 0) is 35.4 Å². The van der Waals surface area contributed by atoms with Gasteiger partial charge in [-0.3, -0.25) is 4.79 Å². The second-order valence-electron chi connectivity index (χ2n) is 6.55. The van der Waals surface area contributed by atoms with Crippen LogP contribution >= 0.6 is 11.8 Å². The van der Waals surface area contributed by atoms with Crippen molar-refractivity contribution in [1.29, 1.82) is 0 Å². The molecule has 1 unspecified atom stereocenters. The number of hydrogen-bond acceptors (Lipinski definition) is 3. The molecule has 1 fully saturated rings. The summed E-state index contributed by atoms with van der Waals surface area (Å²) in [6.07, 6.45) is 0. The molecular formula is C23H20FNO2S. The van der Waals surface area contributed by atoms with E-state index in [1.54, 1.807) is 28.8 Å². The summed E-state index contributed by atoms with van der Waals surface area (Å²) in [6.45, 7) is 1.08. The lowest BCUT2D eigenvalue weighted by molar-refractivity contribution is 0.0755. The van der Waals surface area contributed by atoms with Crippen molar-refractivity contribution >= 4 is 17.7 Å². The van der Waals surface area contributed by atoms with Gasteiger partial charge >= 0.3 is 0 Å². The summed E-state index contributed by atoms with van der Waals surface area (Å²) < 4.78 is 20.0. The van der Waals surface area contributed by atoms with E-state index in [9.17, 15) is 9.18 Å². The molecule has 0 bridgehead atoms. The van der Waals surface area contributed by atoms with Crippen LogP contribution in [0.3, 0.4) is 0 Å². The summed E-state index contributed by atoms with van der Waals surface area (Å²) in [4.78, 5) is 14.6. The van der Waals surface area contributed by atoms with E-state index < -0.39 is 5.82 Å². The van der Waals surface area contributed by atoms with Crippen molar-refractivity contribution in [3.63, 3.8) is 0 Å². The number of benzene rings is 3. The molecule has 4 rings (SSSR count). The number of rotatable bonds is 5. The third-order valence-electron chi connectivity index (χ3n) is 4.65. The molecule has 0 N–H and O–H groups in total. The van der Waals surface area contributed by atoms with Gasteiger partial charge in [0.15, 0.2) is 0 Å². The Balaban J connectivity index is 1.51. The molecule has 1 aliphatic rings. The van der Waals surface area contributed by atoms with Crippen LogP contribution in [0, 0.1) is 5.82 Å². The number of thioether (sulfide) groups is 1. The van der Waals surface area contributed by atoms with Crippen molar-refractivity contribution < 1.29 is 13.9 Å². The average Bonchev–Trinajstić information content (AvgIpc) is 3.23. The zero-order valence-electron chi connectivity index (χ0n) is 15.3. The minimum absolute atomic E-state index is 0.117. The molecule has 1 heterocycles. The Labute approximate surface area is 168 Å². The lowest BCUT2D eigenvalue weighted by Gasteiger charge is -2.24. The van der Waals surface area contributed by atoms with Gasteiger partial charge in [-0.1, -0.05) is 54.6 Å². The van der Waals surface area contributed by atoms with E-state index in [1.165, 1.54) is 12.1 Å². The number of carbonyl (C=O) groups excluding carboxylic acids is 1. The smallest absolute Gasteiger partial charge is 0.258 e. The highest BCUT2D eigenvalue weighted by atomic mass is 32.2. The lowest BCUT2D eigenvalue weighted by atomic mass is 10.1. The van der Waals surface area contributed by atoms with E-state index >= 15 is 0 Å². The van der Waals surface area contributed by atoms with Crippen molar-refractivity contribution in [2.45, 2.75) is 12.0 Å². The Morgan fingerprint density at radius 2 is 1.82 bits per heavy atom. The van der Waals surface area contributed by atoms with Crippen molar-refractivity contribution in [3.8, 4) is 5.75 Å². The van der Waals surface area contributed by atoms with Crippen LogP contribution in [0.5, 0.6) is 5.75 Å². The molecule has 5 heteroatoms. The predicted molar refractivity (Wildman–Crippen MR) is 110 cm³/mol. The number of ether oxygens (including phenoxy) is 1. The zero-order valence-corrected chi connectivity index (χ0v) is 16.1. The van der Waals surface area contributed by atoms with Crippen LogP contribution in [0.15, 0.2) is 78.9 Å². The minimum atomic E-state index is -0.483. The molecule has 3 aromatic carbocycles. The van der Waals surface area contributed by atoms with Gasteiger partial charge in [0.25, 0.3) is 5.91 Å². The second kappa shape index (κ2) is 8.48. The highest BCUT2D eigenvalue weighted by Crippen LogP contribution is 2.40. The Morgan fingerprint density at radius 1 is 1.04 bits per heavy atom. The maximum absolute atomic E-state index is 14.1. The number of halogens is 1. The SMILES string of the molecule is O=C(c1ccccc1F)N1CCSC1c1cccc(OCc2ccccc2)c1. The molecule has 1 amide bonds. The zero-order chi connectivity index (χ0) is 19.3. The number of hydrogen-bond donors (Lipinski definition) is 0. The topological polar surface area (TPSA) is 29.5 Å². The van der Waals surface area contributed by atoms with E-state index in [0.29, 0.717) is 13.2 Å². The molecule has 1 aliphatic heterocycles. The van der Waals surface area contributed by atoms with E-state index in [0.717, 1.165) is 22.6 Å². The maximum atomic E-state index is 14.1. The molecule has 3 aromatic rings. The molecule has 1 saturated heterocycles. The van der Waals surface area contributed by atoms with Crippen LogP contribution in [0.25, 0.3) is 0 Å². The monoisotopic (exact) mass is 393 g/mol. The highest BCUT2D eigenvalue weighted by Gasteiger charge is 2.32. The molecule has 28 heavy (non-hydrogen) atoms. The van der Waals surface area contributed by atoms with Gasteiger partial charge < -0.3 is 9.64 Å². The third-order valence-corrected chi connectivity index (χ3v) is 5.91. The van der Waals surface area contributed by atoms with E-state index in [-0.39, 0.29) is 16.8 Å². The highest BCUT2D eigenvalue weighted by molar-refractivity contribution is 7.99. The summed E-state index contributed by atoms with van der Waals surface area (Å²) in [5.41, 5.74) is 2.20. The second-order valence-corrected chi connectivity index (χ2v) is 7.74. The maximum Gasteiger partial charge on any atom is 0.258 e. The largest absolute Gasteiger partial charge is 0.489 e. The van der Waals surface area contributed by atoms with Gasteiger partial charge in [0.1, 0.15) is 23.5 Å². The predicted octanol–water partition coefficient (Wildman–Crippen LogP) is 5.29. The molecular weight excluding hydrogens is 373 g/mol. The van der Waals surface area contributed by atoms with Crippen LogP contribution in [0.1, 0.15) is 26.9 Å². The molecule has 1 atom stereocenters. The fourth-order valence-corrected chi connectivity index (χ4v) is 4.49. The summed E-state index contributed by atoms with van der Waals surface area (Å²) in [6, 6.07) is 23.9. The standard InChI is InChI=1S/C23H20FNO2S/c24-21-12-5-4-11-20(21)22(26)25-13-14-28-23(25)18-9-6-10-19(15-18)27-16-17-7-2-1-3-8-17/h1-12,15,23H,13-14,16H2. The van der Waals surface area contributed by atoms with Gasteiger partial charge in [0.05, 0.1) is 5.56 Å². The van der Waals surface area contributed by atoms with E-state index in [2.05, 4.69) is 0 Å². The van der Waals surface area contributed by atoms with Crippen molar-refractivity contribution in [2.75, 3.05) is 12.3 Å². The minimum Gasteiger partial charge on any atom is -0.489 e. The van der Waals surface area contributed by atoms with Gasteiger partial charge in [0, 0.05) is 12.3 Å². The molecule has 0 spiro atoms. The van der Waals surface area contributed by atoms with Gasteiger partial charge in [-0.2, -0.15) is 0 Å². The van der Waals surface area contributed by atoms with Gasteiger partial charge in [0.2, 0.25) is 0 Å². The number of nitrogens with zero attached hydrogens (tertiary/aromatic N) is 1. The first-order chi connectivity index (χ1) is 13.7. The van der Waals surface area contributed by atoms with Gasteiger partial charge in [-0.15, -0.1) is 11.8 Å². The van der Waals surface area contributed by atoms with Crippen LogP contribution in [0.4, 0.5) is 4.39 Å². The Bertz CT molecular complexity index is 964. The van der Waals surface area contributed by atoms with Crippen LogP contribution in [-0.4, -0.2) is 23.1 Å². The molecule has 3 nitrogen and oxygen atoms in total. The van der Waals surface area contributed by atoms with E-state index in [1.807, 2.05) is 54.6 Å². The number of carbonyl (C=O) groups is 1. The lowest BCUT2D eigenvalue weighted by Crippen LogP contribution is -2.31. The van der Waals surface area contributed by atoms with Crippen molar-refractivity contribution in [2.24, 2.45) is 0 Å². The first-order valence-electron chi connectivity index (χ1n) is 9.16. The fraction of sp³-hybridized carbons (Fsp3) is 0.174. The Hall–Kier alpha value is -2.79. The summed E-state index contributed by atoms with van der Waals surface area (Å²) in [5, 5.41) is -0.146. The van der Waals surface area contributed by atoms with E-state index in [4.69, 9.17) is 4.74 Å². The Kier molecular flexibility index (Phi) is 5.63. The number of amides is 1. The van der Waals surface area contributed by atoms with Crippen LogP contribution < -0.4 is 4.74 Å². The van der Waals surface area contributed by atoms with Crippen LogP contribution in [0.2, 0.25) is 0 Å². The van der Waals surface area contributed by atoms with Crippen molar-refractivity contribution in [1.82, 2.24) is 4.90 Å². The van der Waals surface area contributed by atoms with Gasteiger partial charge in [-0.25, -0.2) is 4.39 Å². The summed E-state index contributed by atoms with van der Waals surface area (Å²) in [5.74, 6) is 0.818. The van der Waals surface area contributed by atoms with Crippen LogP contribution in [-0.2, 0) is 6.61 Å². The average molecular weight is 393 g/mol. The quantitative estimate of drug-likeness (QED) is 0.590. The molecule has 0 aromatic heterocycles. The Morgan fingerprint density at radius 3 is 2.64 bits per heavy atom. The third kappa shape index (κ3) is 4.04. The molecule has 0 radical (unpaired) electrons. The first-order valence-corrected chi connectivity index (χ1v) is 10.2. The van der Waals surface area contributed by atoms with Crippen molar-refractivity contribution in [3.05, 3.63) is 101 Å². The molecule has 0 aliphatic carbocycles. The molecule has 0 saturated carbocycles. The summed E-state index contributed by atoms with van der Waals surface area (Å²) >= 11 is 1.68. The first kappa shape index (κ1) is 18.6. The summed E-state index contributed by atoms with van der Waals surface area (Å²) in [7, 11) is 0. The fourth-order valence-electron chi connectivity index (χ4n) is 3.24. The normalized spacial score (nSPS) is 16.2. The molecule has 142 valence electrons.